The monoisotopic (exact) mass is 421 g/mol. The third-order valence-electron chi connectivity index (χ3n) is 4.79. The van der Waals surface area contributed by atoms with Crippen LogP contribution in [0.25, 0.3) is 0 Å². The number of anilines is 1. The van der Waals surface area contributed by atoms with E-state index in [0.29, 0.717) is 44.2 Å². The van der Waals surface area contributed by atoms with Crippen LogP contribution in [0.15, 0.2) is 53.4 Å². The summed E-state index contributed by atoms with van der Waals surface area (Å²) in [6, 6.07) is 12.1. The zero-order valence-corrected chi connectivity index (χ0v) is 17.0. The molecule has 2 aromatic carbocycles. The van der Waals surface area contributed by atoms with Gasteiger partial charge >= 0.3 is 0 Å². The Kier molecular flexibility index (Phi) is 6.83. The molecule has 156 valence electrons. The molecular formula is C20H24FN3O4S. The lowest BCUT2D eigenvalue weighted by Crippen LogP contribution is -2.49. The summed E-state index contributed by atoms with van der Waals surface area (Å²) in [5, 5.41) is 2.66. The van der Waals surface area contributed by atoms with Gasteiger partial charge < -0.3 is 15.0 Å². The maximum Gasteiger partial charge on any atom is 0.243 e. The Labute approximate surface area is 170 Å². The van der Waals surface area contributed by atoms with Crippen molar-refractivity contribution >= 4 is 21.6 Å². The normalized spacial score (nSPS) is 15.8. The number of carbonyl (C=O) groups excluding carboxylic acids is 1. The van der Waals surface area contributed by atoms with Crippen LogP contribution in [0, 0.1) is 5.82 Å². The molecule has 1 saturated heterocycles. The summed E-state index contributed by atoms with van der Waals surface area (Å²) in [6.07, 6.45) is 0.252. The fourth-order valence-electron chi connectivity index (χ4n) is 3.14. The summed E-state index contributed by atoms with van der Waals surface area (Å²) in [7, 11) is -2.02. The van der Waals surface area contributed by atoms with Crippen molar-refractivity contribution in [2.45, 2.75) is 11.3 Å². The van der Waals surface area contributed by atoms with Gasteiger partial charge in [-0.2, -0.15) is 4.31 Å². The van der Waals surface area contributed by atoms with Crippen molar-refractivity contribution in [3.63, 3.8) is 0 Å². The summed E-state index contributed by atoms with van der Waals surface area (Å²) in [5.74, 6) is -0.00818. The average Bonchev–Trinajstić information content (AvgIpc) is 2.72. The molecule has 0 aromatic heterocycles. The minimum atomic E-state index is -3.55. The number of methoxy groups -OCH3 is 1. The van der Waals surface area contributed by atoms with Gasteiger partial charge in [0.05, 0.1) is 12.0 Å². The number of piperazine rings is 1. The van der Waals surface area contributed by atoms with Crippen LogP contribution in [-0.4, -0.2) is 63.4 Å². The van der Waals surface area contributed by atoms with Crippen molar-refractivity contribution in [2.75, 3.05) is 45.2 Å². The van der Waals surface area contributed by atoms with Crippen LogP contribution in [0.2, 0.25) is 0 Å². The van der Waals surface area contributed by atoms with Gasteiger partial charge in [-0.25, -0.2) is 12.8 Å². The number of hydrogen-bond acceptors (Lipinski definition) is 5. The van der Waals surface area contributed by atoms with Gasteiger partial charge in [-0.15, -0.1) is 0 Å². The first-order chi connectivity index (χ1) is 13.9. The van der Waals surface area contributed by atoms with Gasteiger partial charge in [0.1, 0.15) is 11.6 Å². The first-order valence-corrected chi connectivity index (χ1v) is 10.7. The molecule has 0 radical (unpaired) electrons. The Morgan fingerprint density at radius 2 is 1.79 bits per heavy atom. The molecule has 0 atom stereocenters. The third kappa shape index (κ3) is 5.53. The lowest BCUT2D eigenvalue weighted by molar-refractivity contribution is -0.116. The molecule has 1 heterocycles. The lowest BCUT2D eigenvalue weighted by Gasteiger charge is -2.33. The minimum Gasteiger partial charge on any atom is -0.497 e. The molecule has 3 rings (SSSR count). The minimum absolute atomic E-state index is 0.205. The number of nitrogens with zero attached hydrogens (tertiary/aromatic N) is 2. The van der Waals surface area contributed by atoms with E-state index in [9.17, 15) is 17.6 Å². The van der Waals surface area contributed by atoms with Crippen LogP contribution in [-0.2, 0) is 14.8 Å². The second-order valence-electron chi connectivity index (χ2n) is 6.73. The Morgan fingerprint density at radius 1 is 1.10 bits per heavy atom. The predicted octanol–water partition coefficient (Wildman–Crippen LogP) is 2.17. The third-order valence-corrected chi connectivity index (χ3v) is 6.70. The number of halogens is 1. The van der Waals surface area contributed by atoms with E-state index in [2.05, 4.69) is 5.32 Å². The highest BCUT2D eigenvalue weighted by molar-refractivity contribution is 7.89. The van der Waals surface area contributed by atoms with Gasteiger partial charge in [0.2, 0.25) is 15.9 Å². The summed E-state index contributed by atoms with van der Waals surface area (Å²) in [5.41, 5.74) is 0.422. The maximum atomic E-state index is 13.2. The van der Waals surface area contributed by atoms with Gasteiger partial charge in [-0.05, 0) is 42.5 Å². The highest BCUT2D eigenvalue weighted by atomic mass is 32.2. The molecule has 1 N–H and O–H groups in total. The standard InChI is InChI=1S/C20H24FN3O4S/c1-28-18-5-7-19(8-6-18)29(26,27)24-13-11-23(12-14-24)10-9-20(25)22-17-4-2-3-16(21)15-17/h2-8,15H,9-14H2,1H3,(H,22,25). The molecular weight excluding hydrogens is 397 g/mol. The largest absolute Gasteiger partial charge is 0.497 e. The van der Waals surface area contributed by atoms with Crippen molar-refractivity contribution in [1.29, 1.82) is 0 Å². The van der Waals surface area contributed by atoms with E-state index in [1.54, 1.807) is 18.2 Å². The number of ether oxygens (including phenoxy) is 1. The molecule has 1 fully saturated rings. The summed E-state index contributed by atoms with van der Waals surface area (Å²) < 4.78 is 45.2. The van der Waals surface area contributed by atoms with E-state index >= 15 is 0 Å². The van der Waals surface area contributed by atoms with Crippen molar-refractivity contribution < 1.29 is 22.3 Å². The smallest absolute Gasteiger partial charge is 0.243 e. The van der Waals surface area contributed by atoms with Gasteiger partial charge in [-0.1, -0.05) is 6.07 Å². The first kappa shape index (κ1) is 21.2. The summed E-state index contributed by atoms with van der Waals surface area (Å²) >= 11 is 0. The van der Waals surface area contributed by atoms with Crippen LogP contribution in [0.5, 0.6) is 5.75 Å². The van der Waals surface area contributed by atoms with Crippen LogP contribution in [0.4, 0.5) is 10.1 Å². The Morgan fingerprint density at radius 3 is 2.41 bits per heavy atom. The molecule has 0 spiro atoms. The summed E-state index contributed by atoms with van der Waals surface area (Å²) in [4.78, 5) is 14.3. The number of sulfonamides is 1. The van der Waals surface area contributed by atoms with E-state index in [-0.39, 0.29) is 17.2 Å². The molecule has 2 aromatic rings. The second-order valence-corrected chi connectivity index (χ2v) is 8.67. The number of benzene rings is 2. The van der Waals surface area contributed by atoms with Crippen LogP contribution < -0.4 is 10.1 Å². The van der Waals surface area contributed by atoms with Crippen molar-refractivity contribution in [3.8, 4) is 5.75 Å². The van der Waals surface area contributed by atoms with Crippen LogP contribution in [0.1, 0.15) is 6.42 Å². The summed E-state index contributed by atoms with van der Waals surface area (Å²) in [6.45, 7) is 2.32. The molecule has 9 heteroatoms. The van der Waals surface area contributed by atoms with Crippen molar-refractivity contribution in [1.82, 2.24) is 9.21 Å². The van der Waals surface area contributed by atoms with Crippen molar-refractivity contribution in [3.05, 3.63) is 54.3 Å². The maximum absolute atomic E-state index is 13.2. The first-order valence-electron chi connectivity index (χ1n) is 9.30. The fourth-order valence-corrected chi connectivity index (χ4v) is 4.56. The second kappa shape index (κ2) is 9.34. The van der Waals surface area contributed by atoms with Gasteiger partial charge in [0.25, 0.3) is 0 Å². The predicted molar refractivity (Wildman–Crippen MR) is 108 cm³/mol. The van der Waals surface area contributed by atoms with Crippen molar-refractivity contribution in [2.24, 2.45) is 0 Å². The lowest BCUT2D eigenvalue weighted by atomic mass is 10.2. The number of rotatable bonds is 7. The highest BCUT2D eigenvalue weighted by Gasteiger charge is 2.28. The Bertz CT molecular complexity index is 942. The zero-order valence-electron chi connectivity index (χ0n) is 16.2. The molecule has 1 aliphatic rings. The molecule has 1 amide bonds. The zero-order chi connectivity index (χ0) is 20.9. The molecule has 29 heavy (non-hydrogen) atoms. The molecule has 7 nitrogen and oxygen atoms in total. The molecule has 1 aliphatic heterocycles. The van der Waals surface area contributed by atoms with E-state index in [4.69, 9.17) is 4.74 Å². The molecule has 0 unspecified atom stereocenters. The highest BCUT2D eigenvalue weighted by Crippen LogP contribution is 2.20. The van der Waals surface area contributed by atoms with Crippen LogP contribution >= 0.6 is 0 Å². The Balaban J connectivity index is 1.47. The number of amides is 1. The number of nitrogens with one attached hydrogen (secondary N) is 1. The molecule has 0 aliphatic carbocycles. The number of hydrogen-bond donors (Lipinski definition) is 1. The van der Waals surface area contributed by atoms with Gasteiger partial charge in [-0.3, -0.25) is 4.79 Å². The quantitative estimate of drug-likeness (QED) is 0.741. The topological polar surface area (TPSA) is 79.0 Å². The van der Waals surface area contributed by atoms with E-state index in [1.807, 2.05) is 4.90 Å². The average molecular weight is 421 g/mol. The van der Waals surface area contributed by atoms with E-state index in [0.717, 1.165) is 0 Å². The van der Waals surface area contributed by atoms with Gasteiger partial charge in [0, 0.05) is 44.8 Å². The van der Waals surface area contributed by atoms with E-state index in [1.165, 1.54) is 41.7 Å². The van der Waals surface area contributed by atoms with E-state index < -0.39 is 15.8 Å². The molecule has 0 bridgehead atoms. The van der Waals surface area contributed by atoms with Gasteiger partial charge in [0.15, 0.2) is 0 Å². The fraction of sp³-hybridized carbons (Fsp3) is 0.350. The molecule has 0 saturated carbocycles. The van der Waals surface area contributed by atoms with Crippen LogP contribution in [0.3, 0.4) is 0 Å². The Hall–Kier alpha value is -2.49. The number of carbonyl (C=O) groups is 1. The SMILES string of the molecule is COc1ccc(S(=O)(=O)N2CCN(CCC(=O)Nc3cccc(F)c3)CC2)cc1.